The number of nitrogens with one attached hydrogen (secondary N) is 1. The van der Waals surface area contributed by atoms with Crippen molar-refractivity contribution in [3.05, 3.63) is 59.0 Å². The number of aryl methyl sites for hydroxylation is 2. The van der Waals surface area contributed by atoms with Gasteiger partial charge in [-0.2, -0.15) is 0 Å². The molecule has 0 bridgehead atoms. The van der Waals surface area contributed by atoms with E-state index in [2.05, 4.69) is 10.5 Å². The molecular weight excluding hydrogens is 354 g/mol. The molecule has 28 heavy (non-hydrogen) atoms. The second kappa shape index (κ2) is 6.64. The molecular formula is C22H21N3O3. The van der Waals surface area contributed by atoms with Gasteiger partial charge in [0.2, 0.25) is 5.91 Å². The van der Waals surface area contributed by atoms with E-state index in [9.17, 15) is 9.59 Å². The molecule has 0 unspecified atom stereocenters. The van der Waals surface area contributed by atoms with Crippen LogP contribution in [0.1, 0.15) is 34.3 Å². The summed E-state index contributed by atoms with van der Waals surface area (Å²) in [5.41, 5.74) is 6.83. The Kier molecular flexibility index (Phi) is 4.26. The lowest BCUT2D eigenvalue weighted by molar-refractivity contribution is -0.114. The molecule has 6 nitrogen and oxygen atoms in total. The maximum atomic E-state index is 12.8. The largest absolute Gasteiger partial charge is 0.361 e. The average molecular weight is 375 g/mol. The summed E-state index contributed by atoms with van der Waals surface area (Å²) in [7, 11) is 1.80. The van der Waals surface area contributed by atoms with Gasteiger partial charge in [-0.25, -0.2) is 0 Å². The van der Waals surface area contributed by atoms with Crippen LogP contribution in [0.3, 0.4) is 0 Å². The number of aromatic nitrogens is 1. The third-order valence-electron chi connectivity index (χ3n) is 5.00. The van der Waals surface area contributed by atoms with E-state index in [1.807, 2.05) is 50.2 Å². The minimum atomic E-state index is -0.136. The third kappa shape index (κ3) is 2.97. The van der Waals surface area contributed by atoms with E-state index in [0.717, 1.165) is 39.3 Å². The van der Waals surface area contributed by atoms with E-state index in [1.165, 1.54) is 6.92 Å². The van der Waals surface area contributed by atoms with Gasteiger partial charge in [-0.05, 0) is 60.4 Å². The molecule has 0 radical (unpaired) electrons. The predicted octanol–water partition coefficient (Wildman–Crippen LogP) is 4.17. The minimum absolute atomic E-state index is 0.000225. The standard InChI is InChI=1S/C22H21N3O3/c1-12-20(13(2)28-24-12)16-8-17-11-25(4)22(27)21(17)19(10-16)15-6-5-7-18(9-15)23-14(3)26/h5-10H,11H2,1-4H3,(H,23,26). The number of nitrogens with zero attached hydrogens (tertiary/aromatic N) is 2. The van der Waals surface area contributed by atoms with Crippen LogP contribution in [0.4, 0.5) is 5.69 Å². The maximum Gasteiger partial charge on any atom is 0.254 e. The lowest BCUT2D eigenvalue weighted by Gasteiger charge is -2.12. The molecule has 2 amide bonds. The van der Waals surface area contributed by atoms with E-state index < -0.39 is 0 Å². The van der Waals surface area contributed by atoms with Gasteiger partial charge in [-0.15, -0.1) is 0 Å². The van der Waals surface area contributed by atoms with Gasteiger partial charge in [-0.3, -0.25) is 9.59 Å². The average Bonchev–Trinajstić information content (AvgIpc) is 3.12. The topological polar surface area (TPSA) is 75.4 Å². The Hall–Kier alpha value is -3.41. The molecule has 4 rings (SSSR count). The Balaban J connectivity index is 1.94. The van der Waals surface area contributed by atoms with E-state index >= 15 is 0 Å². The van der Waals surface area contributed by atoms with Crippen LogP contribution in [0, 0.1) is 13.8 Å². The van der Waals surface area contributed by atoms with Gasteiger partial charge in [0.15, 0.2) is 0 Å². The normalized spacial score (nSPS) is 13.0. The molecule has 1 N–H and O–H groups in total. The fourth-order valence-corrected chi connectivity index (χ4v) is 3.83. The van der Waals surface area contributed by atoms with Crippen molar-refractivity contribution in [2.75, 3.05) is 12.4 Å². The van der Waals surface area contributed by atoms with Gasteiger partial charge in [0, 0.05) is 31.8 Å². The fourth-order valence-electron chi connectivity index (χ4n) is 3.83. The number of hydrogen-bond acceptors (Lipinski definition) is 4. The Morgan fingerprint density at radius 1 is 1.14 bits per heavy atom. The number of benzene rings is 2. The summed E-state index contributed by atoms with van der Waals surface area (Å²) in [6, 6.07) is 11.6. The van der Waals surface area contributed by atoms with E-state index in [-0.39, 0.29) is 11.8 Å². The highest BCUT2D eigenvalue weighted by molar-refractivity contribution is 6.06. The van der Waals surface area contributed by atoms with Gasteiger partial charge in [0.1, 0.15) is 5.76 Å². The molecule has 1 aliphatic heterocycles. The van der Waals surface area contributed by atoms with Gasteiger partial charge in [0.25, 0.3) is 5.91 Å². The van der Waals surface area contributed by atoms with Crippen molar-refractivity contribution in [3.8, 4) is 22.3 Å². The molecule has 142 valence electrons. The maximum absolute atomic E-state index is 12.8. The first kappa shape index (κ1) is 18.0. The number of amides is 2. The zero-order valence-corrected chi connectivity index (χ0v) is 16.3. The van der Waals surface area contributed by atoms with E-state index in [1.54, 1.807) is 11.9 Å². The molecule has 0 saturated heterocycles. The number of rotatable bonds is 3. The van der Waals surface area contributed by atoms with Crippen molar-refractivity contribution < 1.29 is 14.1 Å². The zero-order valence-electron chi connectivity index (χ0n) is 16.3. The van der Waals surface area contributed by atoms with Crippen LogP contribution in [0.5, 0.6) is 0 Å². The monoisotopic (exact) mass is 375 g/mol. The highest BCUT2D eigenvalue weighted by Gasteiger charge is 2.29. The van der Waals surface area contributed by atoms with Crippen LogP contribution in [0.15, 0.2) is 40.9 Å². The molecule has 0 spiro atoms. The number of hydrogen-bond donors (Lipinski definition) is 1. The summed E-state index contributed by atoms with van der Waals surface area (Å²) in [5.74, 6) is 0.607. The number of carbonyl (C=O) groups excluding carboxylic acids is 2. The summed E-state index contributed by atoms with van der Waals surface area (Å²) in [5, 5.41) is 6.87. The molecule has 1 aliphatic rings. The Morgan fingerprint density at radius 2 is 1.93 bits per heavy atom. The second-order valence-electron chi connectivity index (χ2n) is 7.18. The quantitative estimate of drug-likeness (QED) is 0.745. The predicted molar refractivity (Wildman–Crippen MR) is 107 cm³/mol. The van der Waals surface area contributed by atoms with Crippen molar-refractivity contribution in [3.63, 3.8) is 0 Å². The number of carbonyl (C=O) groups is 2. The summed E-state index contributed by atoms with van der Waals surface area (Å²) >= 11 is 0. The van der Waals surface area contributed by atoms with Gasteiger partial charge < -0.3 is 14.7 Å². The molecule has 0 fully saturated rings. The van der Waals surface area contributed by atoms with Crippen molar-refractivity contribution in [2.24, 2.45) is 0 Å². The molecule has 0 aliphatic carbocycles. The summed E-state index contributed by atoms with van der Waals surface area (Å²) < 4.78 is 5.34. The van der Waals surface area contributed by atoms with Crippen LogP contribution in [-0.2, 0) is 11.3 Å². The first-order chi connectivity index (χ1) is 13.3. The first-order valence-electron chi connectivity index (χ1n) is 9.09. The molecule has 2 aromatic carbocycles. The lowest BCUT2D eigenvalue weighted by Crippen LogP contribution is -2.17. The van der Waals surface area contributed by atoms with E-state index in [0.29, 0.717) is 17.8 Å². The van der Waals surface area contributed by atoms with Crippen LogP contribution in [-0.4, -0.2) is 28.9 Å². The van der Waals surface area contributed by atoms with Crippen LogP contribution >= 0.6 is 0 Å². The molecule has 1 aromatic heterocycles. The Morgan fingerprint density at radius 3 is 2.61 bits per heavy atom. The minimum Gasteiger partial charge on any atom is -0.361 e. The van der Waals surface area contributed by atoms with Crippen LogP contribution in [0.2, 0.25) is 0 Å². The van der Waals surface area contributed by atoms with Crippen molar-refractivity contribution in [1.29, 1.82) is 0 Å². The summed E-state index contributed by atoms with van der Waals surface area (Å²) in [6.07, 6.45) is 0. The SMILES string of the molecule is CC(=O)Nc1cccc(-c2cc(-c3c(C)noc3C)cc3c2C(=O)N(C)C3)c1. The molecule has 3 aromatic rings. The van der Waals surface area contributed by atoms with Gasteiger partial charge >= 0.3 is 0 Å². The van der Waals surface area contributed by atoms with Crippen molar-refractivity contribution in [2.45, 2.75) is 27.3 Å². The third-order valence-corrected chi connectivity index (χ3v) is 5.00. The molecule has 2 heterocycles. The fraction of sp³-hybridized carbons (Fsp3) is 0.227. The highest BCUT2D eigenvalue weighted by Crippen LogP contribution is 2.38. The van der Waals surface area contributed by atoms with Crippen molar-refractivity contribution >= 4 is 17.5 Å². The first-order valence-corrected chi connectivity index (χ1v) is 9.09. The summed E-state index contributed by atoms with van der Waals surface area (Å²) in [4.78, 5) is 26.0. The molecule has 6 heteroatoms. The van der Waals surface area contributed by atoms with Gasteiger partial charge in [0.05, 0.1) is 11.3 Å². The van der Waals surface area contributed by atoms with Crippen LogP contribution in [0.25, 0.3) is 22.3 Å². The summed E-state index contributed by atoms with van der Waals surface area (Å²) in [6.45, 7) is 5.83. The van der Waals surface area contributed by atoms with E-state index in [4.69, 9.17) is 4.52 Å². The zero-order chi connectivity index (χ0) is 20.0. The number of fused-ring (bicyclic) bond motifs is 1. The lowest BCUT2D eigenvalue weighted by atomic mass is 9.91. The smallest absolute Gasteiger partial charge is 0.254 e. The Bertz CT molecular complexity index is 1090. The highest BCUT2D eigenvalue weighted by atomic mass is 16.5. The molecule has 0 saturated carbocycles. The van der Waals surface area contributed by atoms with Crippen molar-refractivity contribution in [1.82, 2.24) is 10.1 Å². The second-order valence-corrected chi connectivity index (χ2v) is 7.18. The number of anilines is 1. The van der Waals surface area contributed by atoms with Gasteiger partial charge in [-0.1, -0.05) is 17.3 Å². The Labute approximate surface area is 163 Å². The van der Waals surface area contributed by atoms with Crippen LogP contribution < -0.4 is 5.32 Å². The molecule has 0 atom stereocenters.